The predicted molar refractivity (Wildman–Crippen MR) is 60.3 cm³/mol. The average Bonchev–Trinajstić information content (AvgIpc) is 2.28. The van der Waals surface area contributed by atoms with Crippen LogP contribution in [0.2, 0.25) is 0 Å². The lowest BCUT2D eigenvalue weighted by Crippen LogP contribution is -2.53. The molecule has 1 heterocycles. The number of carbonyl (C=O) groups excluding carboxylic acids is 1. The molecule has 0 saturated carbocycles. The molecule has 2 atom stereocenters. The average molecular weight is 228 g/mol. The Morgan fingerprint density at radius 3 is 2.75 bits per heavy atom. The topological polar surface area (TPSA) is 69.6 Å². The molecule has 92 valence electrons. The van der Waals surface area contributed by atoms with Crippen LogP contribution in [0.1, 0.15) is 39.5 Å². The van der Waals surface area contributed by atoms with Gasteiger partial charge in [-0.25, -0.2) is 9.59 Å². The summed E-state index contributed by atoms with van der Waals surface area (Å²) in [6, 6.07) is -0.817. The molecular weight excluding hydrogens is 208 g/mol. The smallest absolute Gasteiger partial charge is 0.326 e. The number of carboxylic acids is 1. The van der Waals surface area contributed by atoms with Gasteiger partial charge in [-0.1, -0.05) is 6.92 Å². The van der Waals surface area contributed by atoms with Crippen molar-refractivity contribution in [1.82, 2.24) is 10.2 Å². The molecule has 1 unspecified atom stereocenters. The molecule has 0 aliphatic carbocycles. The Balaban J connectivity index is 2.60. The summed E-state index contributed by atoms with van der Waals surface area (Å²) in [6.45, 7) is 4.44. The molecule has 1 saturated heterocycles. The summed E-state index contributed by atoms with van der Waals surface area (Å²) in [5.74, 6) is -0.904. The lowest BCUT2D eigenvalue weighted by atomic mass is 10.0. The van der Waals surface area contributed by atoms with Crippen molar-refractivity contribution >= 4 is 12.0 Å². The summed E-state index contributed by atoms with van der Waals surface area (Å²) in [5.41, 5.74) is 0. The molecular formula is C11H20N2O3. The van der Waals surface area contributed by atoms with Gasteiger partial charge in [0, 0.05) is 12.6 Å². The second-order valence-electron chi connectivity index (χ2n) is 4.30. The normalized spacial score (nSPS) is 22.6. The second-order valence-corrected chi connectivity index (χ2v) is 4.30. The molecule has 2 amide bonds. The minimum Gasteiger partial charge on any atom is -0.480 e. The van der Waals surface area contributed by atoms with Crippen LogP contribution in [0.4, 0.5) is 4.79 Å². The van der Waals surface area contributed by atoms with Crippen LogP contribution in [0.3, 0.4) is 0 Å². The Morgan fingerprint density at radius 1 is 1.50 bits per heavy atom. The van der Waals surface area contributed by atoms with Crippen LogP contribution in [0.5, 0.6) is 0 Å². The number of carbonyl (C=O) groups is 2. The first kappa shape index (κ1) is 12.8. The van der Waals surface area contributed by atoms with Gasteiger partial charge in [-0.15, -0.1) is 0 Å². The maximum Gasteiger partial charge on any atom is 0.326 e. The molecule has 0 aromatic heterocycles. The fourth-order valence-electron chi connectivity index (χ4n) is 1.83. The van der Waals surface area contributed by atoms with Crippen molar-refractivity contribution in [2.75, 3.05) is 6.54 Å². The molecule has 0 aromatic rings. The van der Waals surface area contributed by atoms with Gasteiger partial charge in [0.05, 0.1) is 0 Å². The third-order valence-electron chi connectivity index (χ3n) is 3.03. The Labute approximate surface area is 95.8 Å². The van der Waals surface area contributed by atoms with Crippen LogP contribution in [0.25, 0.3) is 0 Å². The number of hydrogen-bond donors (Lipinski definition) is 2. The van der Waals surface area contributed by atoms with Crippen molar-refractivity contribution in [3.8, 4) is 0 Å². The zero-order chi connectivity index (χ0) is 12.1. The van der Waals surface area contributed by atoms with Crippen LogP contribution in [0.15, 0.2) is 0 Å². The maximum absolute atomic E-state index is 11.8. The molecule has 1 aliphatic heterocycles. The van der Waals surface area contributed by atoms with E-state index in [1.165, 1.54) is 4.90 Å². The van der Waals surface area contributed by atoms with Crippen LogP contribution < -0.4 is 5.32 Å². The number of amides is 2. The minimum atomic E-state index is -0.904. The summed E-state index contributed by atoms with van der Waals surface area (Å²) >= 11 is 0. The lowest BCUT2D eigenvalue weighted by molar-refractivity contribution is -0.143. The van der Waals surface area contributed by atoms with E-state index in [4.69, 9.17) is 5.11 Å². The molecule has 0 aromatic carbocycles. The third-order valence-corrected chi connectivity index (χ3v) is 3.03. The van der Waals surface area contributed by atoms with E-state index in [-0.39, 0.29) is 12.1 Å². The van der Waals surface area contributed by atoms with Crippen molar-refractivity contribution in [1.29, 1.82) is 0 Å². The van der Waals surface area contributed by atoms with E-state index >= 15 is 0 Å². The number of hydrogen-bond acceptors (Lipinski definition) is 2. The van der Waals surface area contributed by atoms with Crippen molar-refractivity contribution in [2.24, 2.45) is 0 Å². The van der Waals surface area contributed by atoms with Gasteiger partial charge in [-0.2, -0.15) is 0 Å². The van der Waals surface area contributed by atoms with E-state index in [0.29, 0.717) is 13.0 Å². The number of rotatable bonds is 3. The van der Waals surface area contributed by atoms with E-state index in [1.54, 1.807) is 0 Å². The van der Waals surface area contributed by atoms with Gasteiger partial charge in [0.15, 0.2) is 0 Å². The van der Waals surface area contributed by atoms with Gasteiger partial charge in [0.25, 0.3) is 0 Å². The van der Waals surface area contributed by atoms with E-state index in [0.717, 1.165) is 19.3 Å². The first-order valence-corrected chi connectivity index (χ1v) is 5.86. The molecule has 1 aliphatic rings. The minimum absolute atomic E-state index is 0.0869. The van der Waals surface area contributed by atoms with E-state index in [9.17, 15) is 9.59 Å². The van der Waals surface area contributed by atoms with E-state index < -0.39 is 12.0 Å². The van der Waals surface area contributed by atoms with Gasteiger partial charge in [0.2, 0.25) is 0 Å². The van der Waals surface area contributed by atoms with Gasteiger partial charge < -0.3 is 15.3 Å². The number of aliphatic carboxylic acids is 1. The number of nitrogens with zero attached hydrogens (tertiary/aromatic N) is 1. The second kappa shape index (κ2) is 5.72. The Morgan fingerprint density at radius 2 is 2.19 bits per heavy atom. The summed E-state index contributed by atoms with van der Waals surface area (Å²) in [5, 5.41) is 11.8. The van der Waals surface area contributed by atoms with Gasteiger partial charge in [-0.3, -0.25) is 0 Å². The molecule has 16 heavy (non-hydrogen) atoms. The first-order valence-electron chi connectivity index (χ1n) is 5.86. The highest BCUT2D eigenvalue weighted by Gasteiger charge is 2.32. The largest absolute Gasteiger partial charge is 0.480 e. The highest BCUT2D eigenvalue weighted by molar-refractivity contribution is 5.83. The molecule has 5 nitrogen and oxygen atoms in total. The summed E-state index contributed by atoms with van der Waals surface area (Å²) in [6.07, 6.45) is 3.17. The van der Waals surface area contributed by atoms with Crippen molar-refractivity contribution in [3.63, 3.8) is 0 Å². The predicted octanol–water partition coefficient (Wildman–Crippen LogP) is 1.43. The van der Waals surface area contributed by atoms with Gasteiger partial charge >= 0.3 is 12.0 Å². The maximum atomic E-state index is 11.8. The van der Waals surface area contributed by atoms with Gasteiger partial charge in [-0.05, 0) is 32.6 Å². The number of carboxylic acid groups (broad SMARTS) is 1. The SMILES string of the molecule is CCC(C)NC(=O)N1CCCC[C@H]1C(=O)O. The summed E-state index contributed by atoms with van der Waals surface area (Å²) < 4.78 is 0. The Hall–Kier alpha value is -1.26. The van der Waals surface area contributed by atoms with Gasteiger partial charge in [0.1, 0.15) is 6.04 Å². The number of likely N-dealkylation sites (tertiary alicyclic amines) is 1. The molecule has 5 heteroatoms. The van der Waals surface area contributed by atoms with Crippen LogP contribution in [-0.4, -0.2) is 40.6 Å². The van der Waals surface area contributed by atoms with Crippen LogP contribution in [0, 0.1) is 0 Å². The molecule has 0 radical (unpaired) electrons. The van der Waals surface area contributed by atoms with Crippen molar-refractivity contribution < 1.29 is 14.7 Å². The van der Waals surface area contributed by atoms with Crippen molar-refractivity contribution in [2.45, 2.75) is 51.6 Å². The Kier molecular flexibility index (Phi) is 4.58. The molecule has 0 spiro atoms. The summed E-state index contributed by atoms with van der Waals surface area (Å²) in [7, 11) is 0. The number of piperidine rings is 1. The molecule has 2 N–H and O–H groups in total. The lowest BCUT2D eigenvalue weighted by Gasteiger charge is -2.33. The zero-order valence-electron chi connectivity index (χ0n) is 9.90. The van der Waals surface area contributed by atoms with E-state index in [1.807, 2.05) is 13.8 Å². The quantitative estimate of drug-likeness (QED) is 0.767. The van der Waals surface area contributed by atoms with Crippen LogP contribution in [-0.2, 0) is 4.79 Å². The third kappa shape index (κ3) is 3.12. The van der Waals surface area contributed by atoms with Crippen molar-refractivity contribution in [3.05, 3.63) is 0 Å². The number of urea groups is 1. The van der Waals surface area contributed by atoms with Crippen LogP contribution >= 0.6 is 0 Å². The Bertz CT molecular complexity index is 268. The standard InChI is InChI=1S/C11H20N2O3/c1-3-8(2)12-11(16)13-7-5-4-6-9(13)10(14)15/h8-9H,3-7H2,1-2H3,(H,12,16)(H,14,15)/t8?,9-/m0/s1. The first-order chi connectivity index (χ1) is 7.56. The monoisotopic (exact) mass is 228 g/mol. The fraction of sp³-hybridized carbons (Fsp3) is 0.818. The fourth-order valence-corrected chi connectivity index (χ4v) is 1.83. The molecule has 1 rings (SSSR count). The highest BCUT2D eigenvalue weighted by Crippen LogP contribution is 2.17. The molecule has 1 fully saturated rings. The zero-order valence-corrected chi connectivity index (χ0v) is 9.90. The van der Waals surface area contributed by atoms with E-state index in [2.05, 4.69) is 5.32 Å². The highest BCUT2D eigenvalue weighted by atomic mass is 16.4. The summed E-state index contributed by atoms with van der Waals surface area (Å²) in [4.78, 5) is 24.3. The number of nitrogens with one attached hydrogen (secondary N) is 1. The molecule has 0 bridgehead atoms.